The van der Waals surface area contributed by atoms with Gasteiger partial charge in [-0.15, -0.1) is 0 Å². The first-order valence-electron chi connectivity index (χ1n) is 5.02. The minimum absolute atomic E-state index is 0.632. The Kier molecular flexibility index (Phi) is 3.25. The monoisotopic (exact) mass is 244 g/mol. The molecular weight excluding hydrogens is 230 g/mol. The van der Waals surface area contributed by atoms with Crippen LogP contribution in [0.3, 0.4) is 0 Å². The molecule has 94 valence electrons. The van der Waals surface area contributed by atoms with Crippen LogP contribution in [0.25, 0.3) is 0 Å². The van der Waals surface area contributed by atoms with Crippen molar-refractivity contribution >= 4 is 5.97 Å². The lowest BCUT2D eigenvalue weighted by Crippen LogP contribution is -2.46. The second-order valence-electron chi connectivity index (χ2n) is 4.60. The number of hydrogen-bond acceptors (Lipinski definition) is 2. The lowest BCUT2D eigenvalue weighted by atomic mass is 9.71. The van der Waals surface area contributed by atoms with Gasteiger partial charge in [-0.25, -0.2) is 8.78 Å². The van der Waals surface area contributed by atoms with E-state index in [0.717, 1.165) is 25.1 Å². The van der Waals surface area contributed by atoms with Crippen molar-refractivity contribution in [1.82, 2.24) is 0 Å². The molecule has 0 aliphatic heterocycles. The van der Waals surface area contributed by atoms with Gasteiger partial charge in [0, 0.05) is 0 Å². The maximum absolute atomic E-state index is 13.5. The van der Waals surface area contributed by atoms with E-state index < -0.39 is 34.2 Å². The van der Waals surface area contributed by atoms with Crippen molar-refractivity contribution in [3.8, 4) is 0 Å². The molecule has 0 spiro atoms. The predicted molar refractivity (Wildman–Crippen MR) is 57.3 cm³/mol. The lowest BCUT2D eigenvalue weighted by Gasteiger charge is -2.37. The topological polar surface area (TPSA) is 57.5 Å². The smallest absolute Gasteiger partial charge is 0.312 e. The van der Waals surface area contributed by atoms with Gasteiger partial charge in [-0.1, -0.05) is 6.07 Å². The van der Waals surface area contributed by atoms with Crippen LogP contribution in [0.4, 0.5) is 8.78 Å². The first kappa shape index (κ1) is 13.6. The Morgan fingerprint density at radius 1 is 1.18 bits per heavy atom. The number of halogens is 2. The minimum Gasteiger partial charge on any atom is -0.481 e. The summed E-state index contributed by atoms with van der Waals surface area (Å²) in [6.45, 7) is 3.50. The third-order valence-electron chi connectivity index (χ3n) is 3.20. The van der Waals surface area contributed by atoms with E-state index in [4.69, 9.17) is 5.11 Å². The van der Waals surface area contributed by atoms with Crippen LogP contribution in [0.1, 0.15) is 26.3 Å². The molecule has 0 radical (unpaired) electrons. The highest BCUT2D eigenvalue weighted by molar-refractivity contribution is 5.75. The van der Waals surface area contributed by atoms with E-state index in [1.807, 2.05) is 0 Å². The normalized spacial score (nSPS) is 15.4. The molecule has 2 N–H and O–H groups in total. The summed E-state index contributed by atoms with van der Waals surface area (Å²) >= 11 is 0. The number of carboxylic acid groups (broad SMARTS) is 1. The van der Waals surface area contributed by atoms with E-state index in [-0.39, 0.29) is 0 Å². The second-order valence-corrected chi connectivity index (χ2v) is 4.60. The zero-order chi connectivity index (χ0) is 13.4. The number of aliphatic hydroxyl groups is 1. The van der Waals surface area contributed by atoms with Gasteiger partial charge in [0.05, 0.1) is 11.0 Å². The molecule has 0 bridgehead atoms. The first-order chi connectivity index (χ1) is 7.62. The standard InChI is InChI=1S/C12H14F2O3/c1-11(2,10(15)16)12(3,17)9-7(13)5-4-6-8(9)14/h4-6,17H,1-3H3,(H,15,16). The summed E-state index contributed by atoms with van der Waals surface area (Å²) in [6.07, 6.45) is 0. The highest BCUT2D eigenvalue weighted by Crippen LogP contribution is 2.41. The molecule has 1 atom stereocenters. The minimum atomic E-state index is -2.16. The average molecular weight is 244 g/mol. The van der Waals surface area contributed by atoms with Gasteiger partial charge in [0.2, 0.25) is 0 Å². The van der Waals surface area contributed by atoms with Crippen molar-refractivity contribution in [2.75, 3.05) is 0 Å². The van der Waals surface area contributed by atoms with E-state index in [9.17, 15) is 18.7 Å². The van der Waals surface area contributed by atoms with Crippen LogP contribution < -0.4 is 0 Å². The van der Waals surface area contributed by atoms with E-state index in [2.05, 4.69) is 0 Å². The summed E-state index contributed by atoms with van der Waals surface area (Å²) in [5, 5.41) is 19.2. The molecule has 5 heteroatoms. The fraction of sp³-hybridized carbons (Fsp3) is 0.417. The zero-order valence-electron chi connectivity index (χ0n) is 9.79. The Hall–Kier alpha value is -1.49. The molecule has 1 aromatic rings. The Morgan fingerprint density at radius 2 is 1.59 bits per heavy atom. The van der Waals surface area contributed by atoms with E-state index >= 15 is 0 Å². The number of rotatable bonds is 3. The quantitative estimate of drug-likeness (QED) is 0.857. The van der Waals surface area contributed by atoms with Crippen molar-refractivity contribution in [1.29, 1.82) is 0 Å². The van der Waals surface area contributed by atoms with Crippen molar-refractivity contribution in [3.05, 3.63) is 35.4 Å². The number of hydrogen-bond donors (Lipinski definition) is 2. The summed E-state index contributed by atoms with van der Waals surface area (Å²) < 4.78 is 27.1. The SMILES string of the molecule is CC(C)(C(=O)O)C(C)(O)c1c(F)cccc1F. The molecule has 1 rings (SSSR count). The van der Waals surface area contributed by atoms with E-state index in [1.54, 1.807) is 0 Å². The van der Waals surface area contributed by atoms with Gasteiger partial charge in [-0.3, -0.25) is 4.79 Å². The van der Waals surface area contributed by atoms with E-state index in [0.29, 0.717) is 0 Å². The molecule has 1 unspecified atom stereocenters. The Balaban J connectivity index is 3.46. The molecular formula is C12H14F2O3. The molecule has 0 heterocycles. The van der Waals surface area contributed by atoms with Crippen LogP contribution in [0.15, 0.2) is 18.2 Å². The van der Waals surface area contributed by atoms with Crippen LogP contribution in [0.5, 0.6) is 0 Å². The van der Waals surface area contributed by atoms with Crippen LogP contribution in [0, 0.1) is 17.0 Å². The van der Waals surface area contributed by atoms with Gasteiger partial charge in [-0.05, 0) is 32.9 Å². The third kappa shape index (κ3) is 2.02. The summed E-state index contributed by atoms with van der Waals surface area (Å²) in [4.78, 5) is 11.1. The number of carboxylic acids is 1. The summed E-state index contributed by atoms with van der Waals surface area (Å²) in [5.74, 6) is -3.28. The van der Waals surface area contributed by atoms with Crippen LogP contribution in [-0.4, -0.2) is 16.2 Å². The maximum Gasteiger partial charge on any atom is 0.312 e. The molecule has 0 aliphatic carbocycles. The van der Waals surface area contributed by atoms with Crippen molar-refractivity contribution in [2.24, 2.45) is 5.41 Å². The molecule has 3 nitrogen and oxygen atoms in total. The van der Waals surface area contributed by atoms with Crippen LogP contribution in [-0.2, 0) is 10.4 Å². The third-order valence-corrected chi connectivity index (χ3v) is 3.20. The molecule has 0 saturated heterocycles. The predicted octanol–water partition coefficient (Wildman–Crippen LogP) is 2.28. The van der Waals surface area contributed by atoms with Gasteiger partial charge in [-0.2, -0.15) is 0 Å². The van der Waals surface area contributed by atoms with Gasteiger partial charge in [0.25, 0.3) is 0 Å². The van der Waals surface area contributed by atoms with Crippen molar-refractivity contribution in [3.63, 3.8) is 0 Å². The molecule has 0 saturated carbocycles. The molecule has 1 aromatic carbocycles. The summed E-state index contributed by atoms with van der Waals surface area (Å²) in [6, 6.07) is 3.10. The molecule has 17 heavy (non-hydrogen) atoms. The largest absolute Gasteiger partial charge is 0.481 e. The number of carbonyl (C=O) groups is 1. The number of benzene rings is 1. The highest BCUT2D eigenvalue weighted by Gasteiger charge is 2.49. The average Bonchev–Trinajstić information content (AvgIpc) is 2.16. The highest BCUT2D eigenvalue weighted by atomic mass is 19.1. The summed E-state index contributed by atoms with van der Waals surface area (Å²) in [7, 11) is 0. The van der Waals surface area contributed by atoms with Gasteiger partial charge < -0.3 is 10.2 Å². The first-order valence-corrected chi connectivity index (χ1v) is 5.02. The Labute approximate surface area is 97.7 Å². The fourth-order valence-electron chi connectivity index (χ4n) is 1.48. The van der Waals surface area contributed by atoms with Gasteiger partial charge >= 0.3 is 5.97 Å². The zero-order valence-corrected chi connectivity index (χ0v) is 9.79. The fourth-order valence-corrected chi connectivity index (χ4v) is 1.48. The number of aliphatic carboxylic acids is 1. The van der Waals surface area contributed by atoms with Gasteiger partial charge in [0.1, 0.15) is 17.2 Å². The molecule has 0 amide bonds. The Morgan fingerprint density at radius 3 is 1.94 bits per heavy atom. The van der Waals surface area contributed by atoms with Crippen molar-refractivity contribution in [2.45, 2.75) is 26.4 Å². The van der Waals surface area contributed by atoms with Crippen molar-refractivity contribution < 1.29 is 23.8 Å². The van der Waals surface area contributed by atoms with E-state index in [1.165, 1.54) is 13.8 Å². The molecule has 0 aromatic heterocycles. The van der Waals surface area contributed by atoms with Gasteiger partial charge in [0.15, 0.2) is 0 Å². The second kappa shape index (κ2) is 4.07. The Bertz CT molecular complexity index is 433. The molecule has 0 fully saturated rings. The lowest BCUT2D eigenvalue weighted by molar-refractivity contribution is -0.164. The summed E-state index contributed by atoms with van der Waals surface area (Å²) in [5.41, 5.74) is -4.52. The maximum atomic E-state index is 13.5. The molecule has 0 aliphatic rings. The van der Waals surface area contributed by atoms with Crippen LogP contribution >= 0.6 is 0 Å². The van der Waals surface area contributed by atoms with Crippen LogP contribution in [0.2, 0.25) is 0 Å².